The highest BCUT2D eigenvalue weighted by Crippen LogP contribution is 2.16. The van der Waals surface area contributed by atoms with E-state index in [1.54, 1.807) is 30.5 Å². The van der Waals surface area contributed by atoms with E-state index in [2.05, 4.69) is 20.0 Å². The van der Waals surface area contributed by atoms with E-state index in [-0.39, 0.29) is 10.8 Å². The summed E-state index contributed by atoms with van der Waals surface area (Å²) in [5, 5.41) is 2.71. The Bertz CT molecular complexity index is 894. The molecule has 2 heterocycles. The van der Waals surface area contributed by atoms with Gasteiger partial charge in [0.25, 0.3) is 15.9 Å². The van der Waals surface area contributed by atoms with Crippen molar-refractivity contribution in [2.75, 3.05) is 11.9 Å². The monoisotopic (exact) mass is 372 g/mol. The summed E-state index contributed by atoms with van der Waals surface area (Å²) in [7, 11) is -3.68. The van der Waals surface area contributed by atoms with Gasteiger partial charge < -0.3 is 5.32 Å². The first kappa shape index (κ1) is 18.1. The van der Waals surface area contributed by atoms with Crippen molar-refractivity contribution >= 4 is 27.5 Å². The summed E-state index contributed by atoms with van der Waals surface area (Å²) < 4.78 is 27.5. The van der Waals surface area contributed by atoms with Gasteiger partial charge in [-0.3, -0.25) is 19.5 Å². The summed E-state index contributed by atoms with van der Waals surface area (Å²) in [6, 6.07) is 9.34. The van der Waals surface area contributed by atoms with Crippen molar-refractivity contribution in [2.24, 2.45) is 4.99 Å². The lowest BCUT2D eigenvalue weighted by atomic mass is 10.2. The van der Waals surface area contributed by atoms with Gasteiger partial charge in [0.05, 0.1) is 10.5 Å². The van der Waals surface area contributed by atoms with Crippen LogP contribution in [0.1, 0.15) is 36.0 Å². The fourth-order valence-electron chi connectivity index (χ4n) is 2.59. The highest BCUT2D eigenvalue weighted by Gasteiger charge is 2.17. The van der Waals surface area contributed by atoms with Gasteiger partial charge in [0.1, 0.15) is 5.84 Å². The molecule has 1 aromatic heterocycles. The quantitative estimate of drug-likeness (QED) is 0.861. The zero-order valence-electron chi connectivity index (χ0n) is 14.2. The summed E-state index contributed by atoms with van der Waals surface area (Å²) in [6.07, 6.45) is 6.66. The lowest BCUT2D eigenvalue weighted by Gasteiger charge is -2.10. The Labute approximate surface area is 152 Å². The Hall–Kier alpha value is -2.74. The van der Waals surface area contributed by atoms with Crippen LogP contribution in [0.2, 0.25) is 0 Å². The Kier molecular flexibility index (Phi) is 5.62. The van der Waals surface area contributed by atoms with Crippen LogP contribution in [0.5, 0.6) is 0 Å². The Morgan fingerprint density at radius 1 is 1.04 bits per heavy atom. The molecule has 136 valence electrons. The van der Waals surface area contributed by atoms with Crippen molar-refractivity contribution in [1.29, 1.82) is 0 Å². The number of hydrogen-bond acceptors (Lipinski definition) is 5. The van der Waals surface area contributed by atoms with Crippen LogP contribution in [0.15, 0.2) is 58.7 Å². The lowest BCUT2D eigenvalue weighted by molar-refractivity contribution is 0.102. The molecule has 1 amide bonds. The SMILES string of the molecule is O=C(Nc1ccc(S(=O)(=O)NC2=NCCCCC2)cc1)c1cccnc1. The summed E-state index contributed by atoms with van der Waals surface area (Å²) in [6.45, 7) is 0.650. The van der Waals surface area contributed by atoms with Crippen LogP contribution in [0, 0.1) is 0 Å². The molecule has 0 bridgehead atoms. The van der Waals surface area contributed by atoms with E-state index < -0.39 is 10.0 Å². The second-order valence-corrected chi connectivity index (χ2v) is 7.65. The Morgan fingerprint density at radius 2 is 1.85 bits per heavy atom. The first-order valence-electron chi connectivity index (χ1n) is 8.42. The number of amidine groups is 1. The summed E-state index contributed by atoms with van der Waals surface area (Å²) >= 11 is 0. The summed E-state index contributed by atoms with van der Waals surface area (Å²) in [4.78, 5) is 20.4. The summed E-state index contributed by atoms with van der Waals surface area (Å²) in [5.74, 6) is 0.205. The maximum Gasteiger partial charge on any atom is 0.262 e. The third kappa shape index (κ3) is 4.66. The van der Waals surface area contributed by atoms with Crippen LogP contribution >= 0.6 is 0 Å². The van der Waals surface area contributed by atoms with Crippen molar-refractivity contribution in [2.45, 2.75) is 30.6 Å². The highest BCUT2D eigenvalue weighted by molar-refractivity contribution is 7.90. The van der Waals surface area contributed by atoms with E-state index >= 15 is 0 Å². The number of amides is 1. The van der Waals surface area contributed by atoms with Crippen LogP contribution in [-0.2, 0) is 10.0 Å². The standard InChI is InChI=1S/C18H20N4O3S/c23-18(14-5-4-11-19-13-14)21-15-7-9-16(10-8-15)26(24,25)22-17-6-2-1-3-12-20-17/h4-5,7-11,13H,1-3,6,12H2,(H,20,22)(H,21,23). The van der Waals surface area contributed by atoms with E-state index in [9.17, 15) is 13.2 Å². The van der Waals surface area contributed by atoms with E-state index in [1.165, 1.54) is 18.3 Å². The van der Waals surface area contributed by atoms with Crippen molar-refractivity contribution < 1.29 is 13.2 Å². The predicted octanol–water partition coefficient (Wildman–Crippen LogP) is 2.58. The minimum Gasteiger partial charge on any atom is -0.322 e. The number of aliphatic imine (C=N–C) groups is 1. The third-order valence-corrected chi connectivity index (χ3v) is 5.37. The number of aromatic nitrogens is 1. The minimum absolute atomic E-state index is 0.129. The number of nitrogens with zero attached hydrogens (tertiary/aromatic N) is 2. The minimum atomic E-state index is -3.68. The number of carbonyl (C=O) groups is 1. The van der Waals surface area contributed by atoms with Gasteiger partial charge in [-0.05, 0) is 49.2 Å². The van der Waals surface area contributed by atoms with E-state index in [1.807, 2.05) is 0 Å². The number of pyridine rings is 1. The fraction of sp³-hybridized carbons (Fsp3) is 0.278. The van der Waals surface area contributed by atoms with E-state index in [4.69, 9.17) is 0 Å². The summed E-state index contributed by atoms with van der Waals surface area (Å²) in [5.41, 5.74) is 0.932. The van der Waals surface area contributed by atoms with Gasteiger partial charge in [-0.2, -0.15) is 0 Å². The molecular formula is C18H20N4O3S. The first-order chi connectivity index (χ1) is 12.5. The highest BCUT2D eigenvalue weighted by atomic mass is 32.2. The van der Waals surface area contributed by atoms with Gasteiger partial charge in [0.2, 0.25) is 0 Å². The second kappa shape index (κ2) is 8.09. The molecule has 3 rings (SSSR count). The molecule has 2 N–H and O–H groups in total. The van der Waals surface area contributed by atoms with Crippen LogP contribution in [-0.4, -0.2) is 31.7 Å². The number of rotatable bonds is 4. The molecule has 0 atom stereocenters. The molecule has 1 aromatic carbocycles. The Balaban J connectivity index is 1.68. The largest absolute Gasteiger partial charge is 0.322 e. The van der Waals surface area contributed by atoms with Crippen molar-refractivity contribution in [3.8, 4) is 0 Å². The topological polar surface area (TPSA) is 101 Å². The number of anilines is 1. The van der Waals surface area contributed by atoms with Crippen LogP contribution in [0.4, 0.5) is 5.69 Å². The molecule has 0 spiro atoms. The molecule has 1 aliphatic heterocycles. The van der Waals surface area contributed by atoms with Crippen molar-refractivity contribution in [3.05, 3.63) is 54.4 Å². The second-order valence-electron chi connectivity index (χ2n) is 5.96. The first-order valence-corrected chi connectivity index (χ1v) is 9.90. The molecule has 7 nitrogen and oxygen atoms in total. The average Bonchev–Trinajstić information content (AvgIpc) is 2.91. The van der Waals surface area contributed by atoms with Gasteiger partial charge in [-0.1, -0.05) is 6.42 Å². The van der Waals surface area contributed by atoms with Crippen LogP contribution in [0.25, 0.3) is 0 Å². The molecule has 1 aliphatic rings. The maximum absolute atomic E-state index is 12.5. The number of benzene rings is 1. The Morgan fingerprint density at radius 3 is 2.58 bits per heavy atom. The van der Waals surface area contributed by atoms with E-state index in [0.717, 1.165) is 19.3 Å². The zero-order valence-corrected chi connectivity index (χ0v) is 15.0. The third-order valence-electron chi connectivity index (χ3n) is 3.97. The smallest absolute Gasteiger partial charge is 0.262 e. The van der Waals surface area contributed by atoms with Gasteiger partial charge in [0.15, 0.2) is 0 Å². The molecule has 0 aliphatic carbocycles. The molecule has 8 heteroatoms. The van der Waals surface area contributed by atoms with Gasteiger partial charge in [0, 0.05) is 31.0 Å². The number of hydrogen-bond donors (Lipinski definition) is 2. The average molecular weight is 372 g/mol. The molecule has 26 heavy (non-hydrogen) atoms. The van der Waals surface area contributed by atoms with Gasteiger partial charge in [-0.15, -0.1) is 0 Å². The van der Waals surface area contributed by atoms with Crippen LogP contribution in [0.3, 0.4) is 0 Å². The van der Waals surface area contributed by atoms with Crippen molar-refractivity contribution in [1.82, 2.24) is 9.71 Å². The van der Waals surface area contributed by atoms with Crippen LogP contribution < -0.4 is 10.0 Å². The molecule has 2 aromatic rings. The molecule has 0 saturated carbocycles. The molecule has 0 unspecified atom stereocenters. The molecule has 0 radical (unpaired) electrons. The van der Waals surface area contributed by atoms with Gasteiger partial charge >= 0.3 is 0 Å². The maximum atomic E-state index is 12.5. The molecular weight excluding hydrogens is 352 g/mol. The zero-order chi connectivity index (χ0) is 18.4. The van der Waals surface area contributed by atoms with Gasteiger partial charge in [-0.25, -0.2) is 8.42 Å². The fourth-order valence-corrected chi connectivity index (χ4v) is 3.68. The molecule has 0 saturated heterocycles. The lowest BCUT2D eigenvalue weighted by Crippen LogP contribution is -2.30. The van der Waals surface area contributed by atoms with E-state index in [0.29, 0.717) is 30.1 Å². The number of sulfonamides is 1. The normalized spacial score (nSPS) is 14.8. The molecule has 0 fully saturated rings. The predicted molar refractivity (Wildman–Crippen MR) is 99.7 cm³/mol. The number of nitrogens with one attached hydrogen (secondary N) is 2. The van der Waals surface area contributed by atoms with Crippen molar-refractivity contribution in [3.63, 3.8) is 0 Å². The number of carbonyl (C=O) groups excluding carboxylic acids is 1.